The van der Waals surface area contributed by atoms with Gasteiger partial charge in [0, 0.05) is 19.2 Å². The molecule has 0 spiro atoms. The minimum atomic E-state index is -0.768. The van der Waals surface area contributed by atoms with Crippen molar-refractivity contribution in [3.8, 4) is 0 Å². The van der Waals surface area contributed by atoms with Crippen LogP contribution in [0.2, 0.25) is 0 Å². The van der Waals surface area contributed by atoms with Gasteiger partial charge in [-0.2, -0.15) is 0 Å². The Balaban J connectivity index is 2.15. The highest BCUT2D eigenvalue weighted by atomic mass is 16.6. The molecule has 0 radical (unpaired) electrons. The number of hydrogen-bond acceptors (Lipinski definition) is 6. The van der Waals surface area contributed by atoms with Gasteiger partial charge in [-0.3, -0.25) is 14.9 Å². The number of aromatic nitrogens is 1. The maximum absolute atomic E-state index is 11.3. The van der Waals surface area contributed by atoms with Crippen LogP contribution in [0.25, 0.3) is 0 Å². The van der Waals surface area contributed by atoms with Crippen LogP contribution in [0.4, 0.5) is 11.5 Å². The number of amides is 1. The summed E-state index contributed by atoms with van der Waals surface area (Å²) in [5, 5.41) is 22.7. The molecule has 1 heterocycles. The molecule has 20 heavy (non-hydrogen) atoms. The number of pyridine rings is 1. The molecule has 1 aromatic heterocycles. The predicted molar refractivity (Wildman–Crippen MR) is 71.3 cm³/mol. The van der Waals surface area contributed by atoms with Gasteiger partial charge in [0.2, 0.25) is 0 Å². The third-order valence-electron chi connectivity index (χ3n) is 3.58. The molecule has 0 aromatic carbocycles. The Bertz CT molecular complexity index is 542. The molecule has 1 aliphatic carbocycles. The van der Waals surface area contributed by atoms with E-state index in [-0.39, 0.29) is 29.1 Å². The molecule has 0 saturated heterocycles. The highest BCUT2D eigenvalue weighted by Gasteiger charge is 2.41. The van der Waals surface area contributed by atoms with E-state index in [9.17, 15) is 14.9 Å². The number of nitrogens with one attached hydrogen (secondary N) is 1. The molecular weight excluding hydrogens is 264 g/mol. The Hall–Kier alpha value is -2.22. The van der Waals surface area contributed by atoms with Crippen LogP contribution in [0.1, 0.15) is 29.6 Å². The second-order valence-electron chi connectivity index (χ2n) is 5.04. The van der Waals surface area contributed by atoms with Crippen molar-refractivity contribution in [2.45, 2.75) is 19.3 Å². The number of carbonyl (C=O) groups is 1. The van der Waals surface area contributed by atoms with Crippen molar-refractivity contribution >= 4 is 17.4 Å². The molecule has 2 rings (SSSR count). The average molecular weight is 280 g/mol. The van der Waals surface area contributed by atoms with Crippen molar-refractivity contribution in [3.05, 3.63) is 27.9 Å². The van der Waals surface area contributed by atoms with Gasteiger partial charge in [0.25, 0.3) is 11.6 Å². The molecule has 8 nitrogen and oxygen atoms in total. The van der Waals surface area contributed by atoms with Crippen molar-refractivity contribution in [1.29, 1.82) is 0 Å². The number of aliphatic hydroxyl groups excluding tert-OH is 1. The summed E-state index contributed by atoms with van der Waals surface area (Å²) >= 11 is 0. The number of rotatable bonds is 7. The van der Waals surface area contributed by atoms with E-state index in [0.717, 1.165) is 25.1 Å². The molecule has 1 aromatic rings. The first-order valence-electron chi connectivity index (χ1n) is 6.26. The van der Waals surface area contributed by atoms with E-state index in [2.05, 4.69) is 10.3 Å². The Morgan fingerprint density at radius 2 is 2.30 bits per heavy atom. The molecule has 1 fully saturated rings. The van der Waals surface area contributed by atoms with E-state index in [0.29, 0.717) is 13.0 Å². The number of primary amides is 1. The molecule has 0 atom stereocenters. The molecule has 108 valence electrons. The van der Waals surface area contributed by atoms with Gasteiger partial charge in [-0.15, -0.1) is 0 Å². The highest BCUT2D eigenvalue weighted by Crippen LogP contribution is 2.48. The smallest absolute Gasteiger partial charge is 0.288 e. The van der Waals surface area contributed by atoms with E-state index in [4.69, 9.17) is 10.8 Å². The molecule has 8 heteroatoms. The Kier molecular flexibility index (Phi) is 3.84. The number of aliphatic hydroxyl groups is 1. The lowest BCUT2D eigenvalue weighted by atomic mass is 10.0. The van der Waals surface area contributed by atoms with Gasteiger partial charge in [0.1, 0.15) is 12.0 Å². The molecular formula is C12H16N4O4. The number of nitrogens with zero attached hydrogens (tertiary/aromatic N) is 2. The molecule has 0 aliphatic heterocycles. The molecule has 0 unspecified atom stereocenters. The van der Waals surface area contributed by atoms with Crippen LogP contribution in [-0.2, 0) is 0 Å². The lowest BCUT2D eigenvalue weighted by Gasteiger charge is -2.16. The van der Waals surface area contributed by atoms with Crippen molar-refractivity contribution in [1.82, 2.24) is 4.98 Å². The van der Waals surface area contributed by atoms with E-state index in [1.165, 1.54) is 0 Å². The zero-order valence-corrected chi connectivity index (χ0v) is 10.8. The Morgan fingerprint density at radius 1 is 1.60 bits per heavy atom. The summed E-state index contributed by atoms with van der Waals surface area (Å²) in [5.41, 5.74) is 4.97. The largest absolute Gasteiger partial charge is 0.396 e. The Morgan fingerprint density at radius 3 is 2.80 bits per heavy atom. The third kappa shape index (κ3) is 3.02. The van der Waals surface area contributed by atoms with Crippen LogP contribution in [-0.4, -0.2) is 34.1 Å². The first-order valence-corrected chi connectivity index (χ1v) is 6.26. The molecule has 1 aliphatic rings. The second kappa shape index (κ2) is 5.41. The van der Waals surface area contributed by atoms with Gasteiger partial charge in [0.15, 0.2) is 0 Å². The number of carbonyl (C=O) groups excluding carboxylic acids is 1. The first-order chi connectivity index (χ1) is 9.47. The van der Waals surface area contributed by atoms with E-state index < -0.39 is 10.8 Å². The van der Waals surface area contributed by atoms with Crippen LogP contribution in [0.5, 0.6) is 0 Å². The summed E-state index contributed by atoms with van der Waals surface area (Å²) in [4.78, 5) is 25.3. The summed E-state index contributed by atoms with van der Waals surface area (Å²) in [6.45, 7) is 0.663. The summed E-state index contributed by atoms with van der Waals surface area (Å²) in [5.74, 6) is -0.525. The average Bonchev–Trinajstić information content (AvgIpc) is 3.16. The van der Waals surface area contributed by atoms with Crippen molar-refractivity contribution in [2.24, 2.45) is 11.1 Å². The molecule has 4 N–H and O–H groups in total. The number of hydrogen-bond donors (Lipinski definition) is 3. The van der Waals surface area contributed by atoms with E-state index in [1.54, 1.807) is 0 Å². The normalized spacial score (nSPS) is 15.7. The van der Waals surface area contributed by atoms with Crippen LogP contribution < -0.4 is 11.1 Å². The van der Waals surface area contributed by atoms with Gasteiger partial charge in [0.05, 0.1) is 10.5 Å². The number of nitrogens with two attached hydrogens (primary N) is 1. The van der Waals surface area contributed by atoms with Crippen molar-refractivity contribution in [3.63, 3.8) is 0 Å². The fourth-order valence-electron chi connectivity index (χ4n) is 2.08. The minimum Gasteiger partial charge on any atom is -0.396 e. The maximum Gasteiger partial charge on any atom is 0.288 e. The van der Waals surface area contributed by atoms with Gasteiger partial charge in [-0.05, 0) is 24.7 Å². The molecule has 0 bridgehead atoms. The maximum atomic E-state index is 11.3. The summed E-state index contributed by atoms with van der Waals surface area (Å²) < 4.78 is 0. The second-order valence-corrected chi connectivity index (χ2v) is 5.04. The lowest BCUT2D eigenvalue weighted by molar-refractivity contribution is -0.385. The topological polar surface area (TPSA) is 131 Å². The van der Waals surface area contributed by atoms with E-state index >= 15 is 0 Å². The van der Waals surface area contributed by atoms with E-state index in [1.807, 2.05) is 0 Å². The molecule has 1 amide bonds. The fourth-order valence-corrected chi connectivity index (χ4v) is 2.08. The van der Waals surface area contributed by atoms with Gasteiger partial charge < -0.3 is 16.2 Å². The summed E-state index contributed by atoms with van der Waals surface area (Å²) in [7, 11) is 0. The van der Waals surface area contributed by atoms with Gasteiger partial charge in [-0.25, -0.2) is 4.98 Å². The van der Waals surface area contributed by atoms with Crippen LogP contribution in [0.15, 0.2) is 12.3 Å². The Labute approximate surface area is 115 Å². The third-order valence-corrected chi connectivity index (χ3v) is 3.58. The number of anilines is 1. The summed E-state index contributed by atoms with van der Waals surface area (Å²) in [6.07, 6.45) is 3.76. The zero-order chi connectivity index (χ0) is 14.8. The predicted octanol–water partition coefficient (Wildman–Crippen LogP) is 0.663. The van der Waals surface area contributed by atoms with Crippen molar-refractivity contribution in [2.75, 3.05) is 18.5 Å². The standard InChI is InChI=1S/C12H16N4O4/c13-10(18)9-5-8(16(19)20)6-14-11(9)15-7-12(1-2-12)3-4-17/h5-6,17H,1-4,7H2,(H2,13,18)(H,14,15). The van der Waals surface area contributed by atoms with Crippen LogP contribution in [0.3, 0.4) is 0 Å². The quantitative estimate of drug-likeness (QED) is 0.496. The minimum absolute atomic E-state index is 0.000927. The number of nitro groups is 1. The van der Waals surface area contributed by atoms with Crippen LogP contribution >= 0.6 is 0 Å². The van der Waals surface area contributed by atoms with Gasteiger partial charge >= 0.3 is 0 Å². The van der Waals surface area contributed by atoms with Gasteiger partial charge in [-0.1, -0.05) is 0 Å². The highest BCUT2D eigenvalue weighted by molar-refractivity contribution is 5.98. The first kappa shape index (κ1) is 14.2. The SMILES string of the molecule is NC(=O)c1cc([N+](=O)[O-])cnc1NCC1(CCO)CC1. The summed E-state index contributed by atoms with van der Waals surface area (Å²) in [6, 6.07) is 1.11. The lowest BCUT2D eigenvalue weighted by Crippen LogP contribution is -2.21. The van der Waals surface area contributed by atoms with Crippen molar-refractivity contribution < 1.29 is 14.8 Å². The zero-order valence-electron chi connectivity index (χ0n) is 10.8. The van der Waals surface area contributed by atoms with Crippen LogP contribution in [0, 0.1) is 15.5 Å². The fraction of sp³-hybridized carbons (Fsp3) is 0.500. The molecule has 1 saturated carbocycles. The monoisotopic (exact) mass is 280 g/mol.